The molecular weight excluding hydrogens is 469 g/mol. The molecule has 3 aromatic heterocycles. The Hall–Kier alpha value is -2.73. The molecule has 12 heteroatoms. The number of thiazole rings is 1. The van der Waals surface area contributed by atoms with Crippen molar-refractivity contribution in [2.75, 3.05) is 31.1 Å². The Labute approximate surface area is 199 Å². The first-order chi connectivity index (χ1) is 16.2. The third-order valence-electron chi connectivity index (χ3n) is 6.13. The molecule has 1 unspecified atom stereocenters. The van der Waals surface area contributed by atoms with Crippen LogP contribution in [0.15, 0.2) is 23.8 Å². The summed E-state index contributed by atoms with van der Waals surface area (Å²) in [7, 11) is 0. The molecule has 2 fully saturated rings. The van der Waals surface area contributed by atoms with Crippen molar-refractivity contribution >= 4 is 28.6 Å². The molecule has 2 aliphatic rings. The molecule has 5 heterocycles. The number of likely N-dealkylation sites (tertiary alicyclic amines) is 1. The number of carboxylic acids is 1. The number of hydrogen-bond acceptors (Lipinski definition) is 7. The quantitative estimate of drug-likeness (QED) is 0.582. The average Bonchev–Trinajstić information content (AvgIpc) is 3.55. The summed E-state index contributed by atoms with van der Waals surface area (Å²) in [6.07, 6.45) is 2.03. The minimum Gasteiger partial charge on any atom is -0.475 e. The van der Waals surface area contributed by atoms with Gasteiger partial charge in [-0.1, -0.05) is 0 Å². The number of alkyl halides is 3. The van der Waals surface area contributed by atoms with Gasteiger partial charge < -0.3 is 10.0 Å². The van der Waals surface area contributed by atoms with E-state index in [9.17, 15) is 13.2 Å². The molecule has 34 heavy (non-hydrogen) atoms. The molecule has 1 atom stereocenters. The van der Waals surface area contributed by atoms with E-state index < -0.39 is 12.1 Å². The van der Waals surface area contributed by atoms with Gasteiger partial charge in [-0.15, -0.1) is 11.3 Å². The predicted molar refractivity (Wildman–Crippen MR) is 122 cm³/mol. The first kappa shape index (κ1) is 24.4. The van der Waals surface area contributed by atoms with Gasteiger partial charge in [-0.2, -0.15) is 18.3 Å². The molecule has 0 bridgehead atoms. The number of piperidine rings is 1. The first-order valence-corrected chi connectivity index (χ1v) is 12.1. The lowest BCUT2D eigenvalue weighted by atomic mass is 9.97. The summed E-state index contributed by atoms with van der Waals surface area (Å²) in [4.78, 5) is 24.5. The van der Waals surface area contributed by atoms with Crippen molar-refractivity contribution < 1.29 is 23.1 Å². The van der Waals surface area contributed by atoms with Gasteiger partial charge in [0.2, 0.25) is 0 Å². The minimum atomic E-state index is -5.08. The fraction of sp³-hybridized carbons (Fsp3) is 0.545. The van der Waals surface area contributed by atoms with Gasteiger partial charge >= 0.3 is 12.1 Å². The van der Waals surface area contributed by atoms with Crippen LogP contribution < -0.4 is 4.90 Å². The number of pyridine rings is 1. The molecule has 1 N–H and O–H groups in total. The second kappa shape index (κ2) is 10.3. The number of rotatable bonds is 4. The molecule has 8 nitrogen and oxygen atoms in total. The number of hydrogen-bond donors (Lipinski definition) is 1. The number of carboxylic acid groups (broad SMARTS) is 1. The van der Waals surface area contributed by atoms with E-state index in [4.69, 9.17) is 20.0 Å². The largest absolute Gasteiger partial charge is 0.490 e. The van der Waals surface area contributed by atoms with Crippen LogP contribution in [0.4, 0.5) is 18.9 Å². The van der Waals surface area contributed by atoms with Crippen LogP contribution in [0.25, 0.3) is 5.65 Å². The molecule has 184 valence electrons. The second-order valence-electron chi connectivity index (χ2n) is 8.59. The summed E-state index contributed by atoms with van der Waals surface area (Å²) in [6.45, 7) is 7.60. The summed E-state index contributed by atoms with van der Waals surface area (Å²) in [5.41, 5.74) is 5.35. The number of aryl methyl sites for hydroxylation is 1. The summed E-state index contributed by atoms with van der Waals surface area (Å²) < 4.78 is 33.7. The van der Waals surface area contributed by atoms with Crippen LogP contribution in [-0.4, -0.2) is 67.9 Å². The number of aromatic nitrogens is 4. The second-order valence-corrected chi connectivity index (χ2v) is 9.53. The van der Waals surface area contributed by atoms with Crippen LogP contribution in [0.1, 0.15) is 48.0 Å². The molecule has 0 radical (unpaired) electrons. The highest BCUT2D eigenvalue weighted by Crippen LogP contribution is 2.28. The Morgan fingerprint density at radius 1 is 1.21 bits per heavy atom. The molecule has 0 aromatic carbocycles. The van der Waals surface area contributed by atoms with E-state index in [0.29, 0.717) is 5.92 Å². The van der Waals surface area contributed by atoms with E-state index >= 15 is 0 Å². The van der Waals surface area contributed by atoms with E-state index in [0.717, 1.165) is 44.2 Å². The third-order valence-corrected chi connectivity index (χ3v) is 7.05. The lowest BCUT2D eigenvalue weighted by Gasteiger charge is -2.31. The van der Waals surface area contributed by atoms with Crippen molar-refractivity contribution in [3.8, 4) is 0 Å². The van der Waals surface area contributed by atoms with Crippen molar-refractivity contribution in [3.05, 3.63) is 40.2 Å². The van der Waals surface area contributed by atoms with E-state index in [1.54, 1.807) is 11.3 Å². The van der Waals surface area contributed by atoms with Crippen LogP contribution in [0.2, 0.25) is 0 Å². The number of nitrogens with zero attached hydrogens (tertiary/aromatic N) is 6. The Morgan fingerprint density at radius 2 is 1.94 bits per heavy atom. The number of carbonyl (C=O) groups is 1. The topological polar surface area (TPSA) is 86.9 Å². The number of aliphatic carboxylic acids is 1. The SMILES string of the molecule is Cc1ncsc1CN1CCCC(c2nc3ccc(N4CCCC4)cn3n2)C1.O=C(O)C(F)(F)F. The van der Waals surface area contributed by atoms with Gasteiger partial charge in [-0.25, -0.2) is 19.3 Å². The van der Waals surface area contributed by atoms with Gasteiger partial charge in [0.05, 0.1) is 23.1 Å². The number of anilines is 1. The summed E-state index contributed by atoms with van der Waals surface area (Å²) in [5, 5.41) is 12.0. The zero-order valence-electron chi connectivity index (χ0n) is 18.8. The van der Waals surface area contributed by atoms with Crippen LogP contribution in [0.5, 0.6) is 0 Å². The highest BCUT2D eigenvalue weighted by atomic mass is 32.1. The van der Waals surface area contributed by atoms with E-state index in [-0.39, 0.29) is 0 Å². The summed E-state index contributed by atoms with van der Waals surface area (Å²) in [5.74, 6) is -1.34. The predicted octanol–water partition coefficient (Wildman–Crippen LogP) is 4.11. The summed E-state index contributed by atoms with van der Waals surface area (Å²) in [6, 6.07) is 4.31. The average molecular weight is 497 g/mol. The number of halogens is 3. The molecular formula is C22H27F3N6O2S. The van der Waals surface area contributed by atoms with Crippen LogP contribution in [0.3, 0.4) is 0 Å². The maximum absolute atomic E-state index is 10.6. The van der Waals surface area contributed by atoms with Gasteiger partial charge in [0.1, 0.15) is 0 Å². The molecule has 2 aliphatic heterocycles. The van der Waals surface area contributed by atoms with E-state index in [1.165, 1.54) is 41.9 Å². The van der Waals surface area contributed by atoms with Gasteiger partial charge in [0, 0.05) is 37.0 Å². The Balaban J connectivity index is 0.000000344. The standard InChI is InChI=1S/C20H26N6S.C2HF3O2/c1-15-18(27-14-21-15)13-24-8-4-5-16(11-24)20-22-19-7-6-17(12-26(19)23-20)25-9-2-3-10-25;3-2(4,5)1(6)7/h6-7,12,14,16H,2-5,8-11,13H2,1H3;(H,6,7). The molecule has 0 saturated carbocycles. The normalized spacial score (nSPS) is 19.3. The van der Waals surface area contributed by atoms with Crippen molar-refractivity contribution in [1.82, 2.24) is 24.5 Å². The van der Waals surface area contributed by atoms with Crippen molar-refractivity contribution in [2.45, 2.75) is 51.2 Å². The molecule has 5 rings (SSSR count). The maximum Gasteiger partial charge on any atom is 0.490 e. The van der Waals surface area contributed by atoms with Gasteiger partial charge in [-0.3, -0.25) is 4.90 Å². The first-order valence-electron chi connectivity index (χ1n) is 11.2. The molecule has 0 aliphatic carbocycles. The zero-order valence-corrected chi connectivity index (χ0v) is 19.6. The lowest BCUT2D eigenvalue weighted by Crippen LogP contribution is -2.34. The third kappa shape index (κ3) is 5.84. The fourth-order valence-electron chi connectivity index (χ4n) is 4.32. The molecule has 0 amide bonds. The highest BCUT2D eigenvalue weighted by molar-refractivity contribution is 7.09. The fourth-order valence-corrected chi connectivity index (χ4v) is 5.13. The Morgan fingerprint density at radius 3 is 2.59 bits per heavy atom. The van der Waals surface area contributed by atoms with E-state index in [1.807, 2.05) is 10.0 Å². The molecule has 2 saturated heterocycles. The molecule has 0 spiro atoms. The lowest BCUT2D eigenvalue weighted by molar-refractivity contribution is -0.192. The van der Waals surface area contributed by atoms with Crippen LogP contribution in [-0.2, 0) is 11.3 Å². The minimum absolute atomic E-state index is 0.419. The van der Waals surface area contributed by atoms with E-state index in [2.05, 4.69) is 40.0 Å². The number of fused-ring (bicyclic) bond motifs is 1. The van der Waals surface area contributed by atoms with Crippen molar-refractivity contribution in [3.63, 3.8) is 0 Å². The zero-order chi connectivity index (χ0) is 24.3. The van der Waals surface area contributed by atoms with Crippen LogP contribution >= 0.6 is 11.3 Å². The Kier molecular flexibility index (Phi) is 7.36. The van der Waals surface area contributed by atoms with Gasteiger partial charge in [0.25, 0.3) is 0 Å². The van der Waals surface area contributed by atoms with Crippen LogP contribution in [0, 0.1) is 6.92 Å². The Bertz CT molecular complexity index is 1130. The smallest absolute Gasteiger partial charge is 0.475 e. The summed E-state index contributed by atoms with van der Waals surface area (Å²) >= 11 is 1.76. The van der Waals surface area contributed by atoms with Crippen molar-refractivity contribution in [2.24, 2.45) is 0 Å². The van der Waals surface area contributed by atoms with Gasteiger partial charge in [-0.05, 0) is 51.3 Å². The monoisotopic (exact) mass is 496 g/mol. The molecule has 3 aromatic rings. The maximum atomic E-state index is 10.6. The van der Waals surface area contributed by atoms with Crippen molar-refractivity contribution in [1.29, 1.82) is 0 Å². The highest BCUT2D eigenvalue weighted by Gasteiger charge is 2.38. The van der Waals surface area contributed by atoms with Gasteiger partial charge in [0.15, 0.2) is 11.5 Å².